The molecule has 7 heteroatoms. The number of hydrogen-bond donors (Lipinski definition) is 2. The highest BCUT2D eigenvalue weighted by Gasteiger charge is 2.42. The van der Waals surface area contributed by atoms with Crippen LogP contribution in [0.25, 0.3) is 0 Å². The van der Waals surface area contributed by atoms with Gasteiger partial charge in [0.05, 0.1) is 18.2 Å². The molecule has 0 aliphatic heterocycles. The molecule has 19 heavy (non-hydrogen) atoms. The molecule has 2 bridgehead atoms. The molecule has 5 nitrogen and oxygen atoms in total. The van der Waals surface area contributed by atoms with Gasteiger partial charge >= 0.3 is 0 Å². The van der Waals surface area contributed by atoms with Crippen LogP contribution in [-0.2, 0) is 4.79 Å². The average Bonchev–Trinajstić information content (AvgIpc) is 2.94. The van der Waals surface area contributed by atoms with E-state index < -0.39 is 17.6 Å². The van der Waals surface area contributed by atoms with Crippen LogP contribution in [0.5, 0.6) is 0 Å². The first-order valence-corrected chi connectivity index (χ1v) is 6.08. The van der Waals surface area contributed by atoms with Gasteiger partial charge in [0.1, 0.15) is 0 Å². The van der Waals surface area contributed by atoms with Crippen molar-refractivity contribution < 1.29 is 9.18 Å². The summed E-state index contributed by atoms with van der Waals surface area (Å²) in [6, 6.07) is -0.335. The van der Waals surface area contributed by atoms with Gasteiger partial charge in [-0.25, -0.2) is 9.37 Å². The number of halogens is 2. The van der Waals surface area contributed by atoms with E-state index in [1.165, 1.54) is 0 Å². The fourth-order valence-corrected chi connectivity index (χ4v) is 2.67. The molecule has 1 amide bonds. The molecular formula is C12H10ClFN4O. The zero-order valence-corrected chi connectivity index (χ0v) is 10.4. The van der Waals surface area contributed by atoms with E-state index in [4.69, 9.17) is 17.3 Å². The number of rotatable bonds is 3. The molecule has 0 spiro atoms. The second-order valence-corrected chi connectivity index (χ2v) is 4.83. The van der Waals surface area contributed by atoms with Crippen molar-refractivity contribution in [2.75, 3.05) is 5.32 Å². The number of primary amides is 1. The second kappa shape index (κ2) is 4.31. The predicted octanol–water partition coefficient (Wildman–Crippen LogP) is 1.28. The second-order valence-electron chi connectivity index (χ2n) is 4.49. The molecule has 0 aromatic carbocycles. The molecule has 2 aliphatic carbocycles. The number of nitrogens with zero attached hydrogens (tertiary/aromatic N) is 2. The number of allylic oxidation sites excluding steroid dienone is 1. The third kappa shape index (κ3) is 1.98. The molecule has 0 fully saturated rings. The predicted molar refractivity (Wildman–Crippen MR) is 67.8 cm³/mol. The molecule has 98 valence electrons. The number of hydrogen-bond acceptors (Lipinski definition) is 4. The number of amides is 1. The Bertz CT molecular complexity index is 616. The van der Waals surface area contributed by atoms with Gasteiger partial charge in [0.15, 0.2) is 11.6 Å². The van der Waals surface area contributed by atoms with Crippen LogP contribution in [0.3, 0.4) is 0 Å². The number of carbonyl (C=O) groups is 1. The molecule has 0 unspecified atom stereocenters. The van der Waals surface area contributed by atoms with Gasteiger partial charge in [-0.3, -0.25) is 4.79 Å². The number of fused-ring (bicyclic) bond motifs is 1. The molecule has 3 rings (SSSR count). The van der Waals surface area contributed by atoms with E-state index in [0.29, 0.717) is 0 Å². The van der Waals surface area contributed by atoms with Crippen LogP contribution >= 0.6 is 11.6 Å². The van der Waals surface area contributed by atoms with Crippen LogP contribution in [0.1, 0.15) is 0 Å². The minimum atomic E-state index is -0.621. The van der Waals surface area contributed by atoms with Gasteiger partial charge in [0, 0.05) is 5.92 Å². The summed E-state index contributed by atoms with van der Waals surface area (Å²) < 4.78 is 13.6. The minimum Gasteiger partial charge on any atom is -0.369 e. The summed E-state index contributed by atoms with van der Waals surface area (Å²) in [6.45, 7) is 0. The van der Waals surface area contributed by atoms with Crippen LogP contribution in [-0.4, -0.2) is 21.9 Å². The summed E-state index contributed by atoms with van der Waals surface area (Å²) in [7, 11) is 0. The molecule has 0 radical (unpaired) electrons. The van der Waals surface area contributed by atoms with Crippen LogP contribution in [0.2, 0.25) is 5.28 Å². The van der Waals surface area contributed by atoms with Gasteiger partial charge in [-0.05, 0) is 17.2 Å². The maximum Gasteiger partial charge on any atom is 0.227 e. The molecular weight excluding hydrogens is 271 g/mol. The number of nitrogens with two attached hydrogens (primary N) is 1. The highest BCUT2D eigenvalue weighted by Crippen LogP contribution is 2.39. The van der Waals surface area contributed by atoms with Gasteiger partial charge < -0.3 is 11.1 Å². The lowest BCUT2D eigenvalue weighted by Gasteiger charge is -2.27. The number of carbonyl (C=O) groups excluding carboxylic acids is 1. The molecule has 1 heterocycles. The van der Waals surface area contributed by atoms with Crippen LogP contribution in [0, 0.1) is 17.7 Å². The van der Waals surface area contributed by atoms with E-state index >= 15 is 0 Å². The number of anilines is 1. The number of aromatic nitrogens is 2. The fourth-order valence-electron chi connectivity index (χ4n) is 2.54. The highest BCUT2D eigenvalue weighted by molar-refractivity contribution is 6.28. The van der Waals surface area contributed by atoms with E-state index in [1.807, 2.05) is 18.2 Å². The van der Waals surface area contributed by atoms with Crippen molar-refractivity contribution in [2.45, 2.75) is 6.04 Å². The van der Waals surface area contributed by atoms with Crippen molar-refractivity contribution in [2.24, 2.45) is 17.6 Å². The quantitative estimate of drug-likeness (QED) is 0.817. The summed E-state index contributed by atoms with van der Waals surface area (Å²) in [5, 5.41) is 2.84. The zero-order chi connectivity index (χ0) is 13.6. The summed E-state index contributed by atoms with van der Waals surface area (Å²) in [5.41, 5.74) is 6.25. The van der Waals surface area contributed by atoms with E-state index in [9.17, 15) is 9.18 Å². The first-order valence-electron chi connectivity index (χ1n) is 5.70. The Labute approximate surface area is 113 Å². The SMILES string of the molecule is NC(=O)[C@H]1C2=C[C@H](C=C2)[C@H]1Nc1nc(Cl)ncc1F. The smallest absolute Gasteiger partial charge is 0.227 e. The van der Waals surface area contributed by atoms with Crippen molar-refractivity contribution in [3.8, 4) is 0 Å². The average molecular weight is 281 g/mol. The van der Waals surface area contributed by atoms with E-state index in [1.54, 1.807) is 0 Å². The molecule has 1 aromatic rings. The van der Waals surface area contributed by atoms with E-state index in [2.05, 4.69) is 15.3 Å². The van der Waals surface area contributed by atoms with Crippen molar-refractivity contribution in [1.29, 1.82) is 0 Å². The third-order valence-corrected chi connectivity index (χ3v) is 3.54. The van der Waals surface area contributed by atoms with Crippen LogP contribution in [0.4, 0.5) is 10.2 Å². The Hall–Kier alpha value is -1.95. The van der Waals surface area contributed by atoms with Crippen molar-refractivity contribution >= 4 is 23.3 Å². The largest absolute Gasteiger partial charge is 0.369 e. The minimum absolute atomic E-state index is 0.000593. The van der Waals surface area contributed by atoms with E-state index in [0.717, 1.165) is 11.8 Å². The molecule has 3 atom stereocenters. The lowest BCUT2D eigenvalue weighted by molar-refractivity contribution is -0.120. The van der Waals surface area contributed by atoms with Crippen molar-refractivity contribution in [3.05, 3.63) is 41.1 Å². The Morgan fingerprint density at radius 2 is 2.32 bits per heavy atom. The monoisotopic (exact) mass is 280 g/mol. The molecule has 0 saturated carbocycles. The first kappa shape index (κ1) is 12.1. The summed E-state index contributed by atoms with van der Waals surface area (Å²) in [5.74, 6) is -1.57. The van der Waals surface area contributed by atoms with Gasteiger partial charge in [0.25, 0.3) is 0 Å². The summed E-state index contributed by atoms with van der Waals surface area (Å²) in [6.07, 6.45) is 6.72. The molecule has 0 saturated heterocycles. The number of nitrogens with one attached hydrogen (secondary N) is 1. The topological polar surface area (TPSA) is 80.9 Å². The lowest BCUT2D eigenvalue weighted by atomic mass is 9.88. The fraction of sp³-hybridized carbons (Fsp3) is 0.250. The molecule has 1 aromatic heterocycles. The third-order valence-electron chi connectivity index (χ3n) is 3.35. The standard InChI is InChI=1S/C12H10ClFN4O/c13-12-16-4-7(14)11(18-12)17-9-6-2-1-5(3-6)8(9)10(15)19/h1-4,6,8-9H,(H2,15,19)(H,16,17,18)/t6-,8-,9+/m0/s1. The Kier molecular flexibility index (Phi) is 2.74. The van der Waals surface area contributed by atoms with Gasteiger partial charge in [0.2, 0.25) is 11.2 Å². The first-order chi connectivity index (χ1) is 9.06. The zero-order valence-electron chi connectivity index (χ0n) is 9.68. The van der Waals surface area contributed by atoms with Crippen LogP contribution in [0.15, 0.2) is 30.0 Å². The Morgan fingerprint density at radius 1 is 1.53 bits per heavy atom. The Morgan fingerprint density at radius 3 is 3.05 bits per heavy atom. The maximum absolute atomic E-state index is 13.6. The molecule has 2 aliphatic rings. The summed E-state index contributed by atoms with van der Waals surface area (Å²) in [4.78, 5) is 18.8. The lowest BCUT2D eigenvalue weighted by Crippen LogP contribution is -2.41. The van der Waals surface area contributed by atoms with Gasteiger partial charge in [-0.15, -0.1) is 0 Å². The van der Waals surface area contributed by atoms with Gasteiger partial charge in [-0.2, -0.15) is 4.98 Å². The highest BCUT2D eigenvalue weighted by atomic mass is 35.5. The maximum atomic E-state index is 13.6. The normalized spacial score (nSPS) is 27.5. The molecule has 3 N–H and O–H groups in total. The van der Waals surface area contributed by atoms with Crippen molar-refractivity contribution in [3.63, 3.8) is 0 Å². The van der Waals surface area contributed by atoms with Crippen LogP contribution < -0.4 is 11.1 Å². The summed E-state index contributed by atoms with van der Waals surface area (Å²) >= 11 is 5.63. The Balaban J connectivity index is 1.89. The van der Waals surface area contributed by atoms with Gasteiger partial charge in [-0.1, -0.05) is 18.2 Å². The van der Waals surface area contributed by atoms with E-state index in [-0.39, 0.29) is 23.1 Å². The van der Waals surface area contributed by atoms with Crippen molar-refractivity contribution in [1.82, 2.24) is 9.97 Å².